The Kier molecular flexibility index (Phi) is 6.29. The molecular weight excluding hydrogens is 124 g/mol. The summed E-state index contributed by atoms with van der Waals surface area (Å²) in [5.74, 6) is 0.740. The van der Waals surface area contributed by atoms with E-state index in [0.717, 1.165) is 25.6 Å². The van der Waals surface area contributed by atoms with Crippen LogP contribution in [0.1, 0.15) is 13.8 Å². The van der Waals surface area contributed by atoms with Crippen LogP contribution in [0.15, 0.2) is 12.8 Å². The molecule has 0 atom stereocenters. The van der Waals surface area contributed by atoms with Gasteiger partial charge in [0.15, 0.2) is 0 Å². The van der Waals surface area contributed by atoms with E-state index < -0.39 is 0 Å². The van der Waals surface area contributed by atoms with Crippen molar-refractivity contribution in [3.8, 4) is 0 Å². The molecule has 0 rings (SSSR count). The molecule has 0 radical (unpaired) electrons. The Labute approximate surface area is 63.7 Å². The van der Waals surface area contributed by atoms with Crippen molar-refractivity contribution in [3.05, 3.63) is 12.8 Å². The van der Waals surface area contributed by atoms with Gasteiger partial charge >= 0.3 is 0 Å². The number of hydrogen-bond donors (Lipinski definition) is 2. The maximum Gasteiger partial charge on any atom is 0.0266 e. The van der Waals surface area contributed by atoms with E-state index in [4.69, 9.17) is 0 Å². The highest BCUT2D eigenvalue weighted by Gasteiger charge is 1.89. The Morgan fingerprint density at radius 1 is 1.40 bits per heavy atom. The van der Waals surface area contributed by atoms with E-state index in [1.54, 1.807) is 6.20 Å². The van der Waals surface area contributed by atoms with Crippen LogP contribution in [0.3, 0.4) is 0 Å². The zero-order valence-corrected chi connectivity index (χ0v) is 6.98. The summed E-state index contributed by atoms with van der Waals surface area (Å²) in [7, 11) is 0. The van der Waals surface area contributed by atoms with Crippen molar-refractivity contribution in [1.29, 1.82) is 0 Å². The van der Waals surface area contributed by atoms with Gasteiger partial charge in [-0.1, -0.05) is 20.4 Å². The summed E-state index contributed by atoms with van der Waals surface area (Å²) in [4.78, 5) is 0. The van der Waals surface area contributed by atoms with Crippen molar-refractivity contribution in [2.24, 2.45) is 5.92 Å². The minimum Gasteiger partial charge on any atom is -0.390 e. The van der Waals surface area contributed by atoms with Crippen molar-refractivity contribution in [2.75, 3.05) is 19.6 Å². The van der Waals surface area contributed by atoms with Gasteiger partial charge in [-0.05, 0) is 18.7 Å². The smallest absolute Gasteiger partial charge is 0.0266 e. The Bertz CT molecular complexity index is 79.3. The fourth-order valence-corrected chi connectivity index (χ4v) is 0.653. The lowest BCUT2D eigenvalue weighted by atomic mass is 10.2. The number of rotatable bonds is 6. The fraction of sp³-hybridized carbons (Fsp3) is 0.750. The summed E-state index contributed by atoms with van der Waals surface area (Å²) in [5, 5.41) is 6.33. The summed E-state index contributed by atoms with van der Waals surface area (Å²) in [6.07, 6.45) is 1.72. The lowest BCUT2D eigenvalue weighted by molar-refractivity contribution is 0.549. The highest BCUT2D eigenvalue weighted by molar-refractivity contribution is 4.63. The third-order valence-corrected chi connectivity index (χ3v) is 1.14. The molecule has 0 aromatic rings. The topological polar surface area (TPSA) is 24.1 Å². The Morgan fingerprint density at radius 3 is 2.60 bits per heavy atom. The van der Waals surface area contributed by atoms with Gasteiger partial charge in [-0.2, -0.15) is 0 Å². The molecule has 0 aliphatic rings. The van der Waals surface area contributed by atoms with E-state index in [9.17, 15) is 0 Å². The summed E-state index contributed by atoms with van der Waals surface area (Å²) >= 11 is 0. The first-order valence-corrected chi connectivity index (χ1v) is 3.82. The predicted molar refractivity (Wildman–Crippen MR) is 45.9 cm³/mol. The molecule has 0 amide bonds. The molecular formula is C8H18N2. The second kappa shape index (κ2) is 6.62. The fourth-order valence-electron chi connectivity index (χ4n) is 0.653. The minimum absolute atomic E-state index is 0.740. The van der Waals surface area contributed by atoms with E-state index >= 15 is 0 Å². The highest BCUT2D eigenvalue weighted by atomic mass is 14.9. The maximum absolute atomic E-state index is 3.55. The molecule has 0 aromatic heterocycles. The van der Waals surface area contributed by atoms with Crippen LogP contribution in [-0.4, -0.2) is 19.6 Å². The monoisotopic (exact) mass is 142 g/mol. The van der Waals surface area contributed by atoms with Gasteiger partial charge in [0.1, 0.15) is 0 Å². The van der Waals surface area contributed by atoms with E-state index in [0.29, 0.717) is 0 Å². The summed E-state index contributed by atoms with van der Waals surface area (Å²) in [6, 6.07) is 0. The van der Waals surface area contributed by atoms with Gasteiger partial charge in [0, 0.05) is 13.1 Å². The SMILES string of the molecule is C=CNCCNCC(C)C. The first kappa shape index (κ1) is 9.50. The van der Waals surface area contributed by atoms with Crippen LogP contribution in [0.2, 0.25) is 0 Å². The average molecular weight is 142 g/mol. The van der Waals surface area contributed by atoms with Gasteiger partial charge in [0.2, 0.25) is 0 Å². The van der Waals surface area contributed by atoms with E-state index in [-0.39, 0.29) is 0 Å². The van der Waals surface area contributed by atoms with Gasteiger partial charge in [-0.15, -0.1) is 0 Å². The summed E-state index contributed by atoms with van der Waals surface area (Å²) in [6.45, 7) is 11.0. The van der Waals surface area contributed by atoms with Crippen molar-refractivity contribution < 1.29 is 0 Å². The molecule has 0 fully saturated rings. The predicted octanol–water partition coefficient (Wildman–Crippen LogP) is 0.965. The summed E-state index contributed by atoms with van der Waals surface area (Å²) in [5.41, 5.74) is 0. The van der Waals surface area contributed by atoms with E-state index in [1.165, 1.54) is 0 Å². The van der Waals surface area contributed by atoms with Crippen molar-refractivity contribution in [3.63, 3.8) is 0 Å². The first-order chi connectivity index (χ1) is 4.77. The molecule has 0 spiro atoms. The lowest BCUT2D eigenvalue weighted by Gasteiger charge is -2.06. The minimum atomic E-state index is 0.740. The number of nitrogens with one attached hydrogen (secondary N) is 2. The Hall–Kier alpha value is -0.500. The van der Waals surface area contributed by atoms with E-state index in [1.807, 2.05) is 0 Å². The maximum atomic E-state index is 3.55. The van der Waals surface area contributed by atoms with Crippen LogP contribution in [0.25, 0.3) is 0 Å². The van der Waals surface area contributed by atoms with Crippen molar-refractivity contribution in [1.82, 2.24) is 10.6 Å². The molecule has 10 heavy (non-hydrogen) atoms. The standard InChI is InChI=1S/C8H18N2/c1-4-9-5-6-10-7-8(2)3/h4,8-10H,1,5-7H2,2-3H3. The van der Waals surface area contributed by atoms with Crippen LogP contribution in [0.4, 0.5) is 0 Å². The van der Waals surface area contributed by atoms with Crippen molar-refractivity contribution in [2.45, 2.75) is 13.8 Å². The Balaban J connectivity index is 2.83. The highest BCUT2D eigenvalue weighted by Crippen LogP contribution is 1.85. The normalized spacial score (nSPS) is 9.90. The van der Waals surface area contributed by atoms with Gasteiger partial charge in [0.25, 0.3) is 0 Å². The van der Waals surface area contributed by atoms with Crippen LogP contribution >= 0.6 is 0 Å². The molecule has 0 aliphatic heterocycles. The molecule has 0 aromatic carbocycles. The van der Waals surface area contributed by atoms with Crippen LogP contribution in [0, 0.1) is 5.92 Å². The molecule has 0 aliphatic carbocycles. The van der Waals surface area contributed by atoms with Crippen LogP contribution in [0.5, 0.6) is 0 Å². The number of hydrogen-bond acceptors (Lipinski definition) is 2. The van der Waals surface area contributed by atoms with Gasteiger partial charge in [0.05, 0.1) is 0 Å². The largest absolute Gasteiger partial charge is 0.390 e. The molecule has 0 bridgehead atoms. The molecule has 60 valence electrons. The molecule has 0 unspecified atom stereocenters. The molecule has 0 saturated carbocycles. The van der Waals surface area contributed by atoms with Gasteiger partial charge in [-0.25, -0.2) is 0 Å². The average Bonchev–Trinajstić information content (AvgIpc) is 1.87. The molecule has 0 saturated heterocycles. The zero-order chi connectivity index (χ0) is 7.82. The Morgan fingerprint density at radius 2 is 2.10 bits per heavy atom. The molecule has 0 heterocycles. The quantitative estimate of drug-likeness (QED) is 0.540. The molecule has 2 N–H and O–H groups in total. The van der Waals surface area contributed by atoms with E-state index in [2.05, 4.69) is 31.1 Å². The van der Waals surface area contributed by atoms with Gasteiger partial charge < -0.3 is 10.6 Å². The second-order valence-electron chi connectivity index (χ2n) is 2.76. The third kappa shape index (κ3) is 7.50. The first-order valence-electron chi connectivity index (χ1n) is 3.82. The second-order valence-corrected chi connectivity index (χ2v) is 2.76. The lowest BCUT2D eigenvalue weighted by Crippen LogP contribution is -2.27. The van der Waals surface area contributed by atoms with Gasteiger partial charge in [-0.3, -0.25) is 0 Å². The third-order valence-electron chi connectivity index (χ3n) is 1.14. The van der Waals surface area contributed by atoms with Crippen molar-refractivity contribution >= 4 is 0 Å². The zero-order valence-electron chi connectivity index (χ0n) is 6.98. The molecule has 2 nitrogen and oxygen atoms in total. The summed E-state index contributed by atoms with van der Waals surface area (Å²) < 4.78 is 0. The van der Waals surface area contributed by atoms with Crippen LogP contribution < -0.4 is 10.6 Å². The molecule has 2 heteroatoms. The van der Waals surface area contributed by atoms with Crippen LogP contribution in [-0.2, 0) is 0 Å².